The maximum Gasteiger partial charge on any atom is 0.259 e. The second kappa shape index (κ2) is 11.5. The molecule has 166 valence electrons. The maximum atomic E-state index is 13.1. The summed E-state index contributed by atoms with van der Waals surface area (Å²) < 4.78 is 6.58. The fourth-order valence-electron chi connectivity index (χ4n) is 3.21. The van der Waals surface area contributed by atoms with Crippen LogP contribution in [0.1, 0.15) is 59.0 Å². The van der Waals surface area contributed by atoms with Gasteiger partial charge in [-0.1, -0.05) is 71.7 Å². The molecule has 6 heteroatoms. The number of hydrogen-bond acceptors (Lipinski definition) is 3. The molecule has 1 unspecified atom stereocenters. The third-order valence-electron chi connectivity index (χ3n) is 5.01. The van der Waals surface area contributed by atoms with Crippen LogP contribution < -0.4 is 15.4 Å². The van der Waals surface area contributed by atoms with Crippen molar-refractivity contribution in [3.8, 4) is 5.75 Å². The lowest BCUT2D eigenvalue weighted by Crippen LogP contribution is -2.28. The highest BCUT2D eigenvalue weighted by Crippen LogP contribution is 2.26. The number of carbonyl (C=O) groups excluding carboxylic acids is 2. The van der Waals surface area contributed by atoms with Gasteiger partial charge in [-0.3, -0.25) is 9.59 Å². The van der Waals surface area contributed by atoms with Crippen LogP contribution in [0.15, 0.2) is 77.3 Å². The van der Waals surface area contributed by atoms with Crippen LogP contribution in [0.2, 0.25) is 0 Å². The first-order valence-electron chi connectivity index (χ1n) is 10.7. The first-order valence-corrected chi connectivity index (χ1v) is 11.5. The number of benzene rings is 3. The number of anilines is 1. The number of amides is 2. The normalized spacial score (nSPS) is 11.5. The standard InChI is InChI=1S/C26H27BrN2O3/c1-3-4-16-32-24-15-14-20(27)17-22(24)26(31)29-23-13-9-8-12-21(23)25(30)28-18(2)19-10-6-5-7-11-19/h5-15,17-18H,3-4,16H2,1-2H3,(H,28,30)(H,29,31). The van der Waals surface area contributed by atoms with E-state index in [9.17, 15) is 9.59 Å². The van der Waals surface area contributed by atoms with Gasteiger partial charge in [-0.2, -0.15) is 0 Å². The molecule has 1 atom stereocenters. The SMILES string of the molecule is CCCCOc1ccc(Br)cc1C(=O)Nc1ccccc1C(=O)NC(C)c1ccccc1. The van der Waals surface area contributed by atoms with Crippen LogP contribution in [0.5, 0.6) is 5.75 Å². The van der Waals surface area contributed by atoms with Crippen molar-refractivity contribution < 1.29 is 14.3 Å². The average molecular weight is 495 g/mol. The highest BCUT2D eigenvalue weighted by Gasteiger charge is 2.19. The molecule has 32 heavy (non-hydrogen) atoms. The minimum Gasteiger partial charge on any atom is -0.493 e. The zero-order valence-corrected chi connectivity index (χ0v) is 19.8. The van der Waals surface area contributed by atoms with Crippen molar-refractivity contribution in [2.45, 2.75) is 32.7 Å². The van der Waals surface area contributed by atoms with Crippen LogP contribution in [0, 0.1) is 0 Å². The van der Waals surface area contributed by atoms with E-state index in [2.05, 4.69) is 33.5 Å². The molecule has 3 aromatic carbocycles. The minimum atomic E-state index is -0.339. The van der Waals surface area contributed by atoms with E-state index >= 15 is 0 Å². The molecule has 0 fully saturated rings. The molecule has 0 saturated carbocycles. The lowest BCUT2D eigenvalue weighted by molar-refractivity contribution is 0.0940. The summed E-state index contributed by atoms with van der Waals surface area (Å²) in [5.41, 5.74) is 2.25. The third kappa shape index (κ3) is 6.20. The van der Waals surface area contributed by atoms with Gasteiger partial charge < -0.3 is 15.4 Å². The van der Waals surface area contributed by atoms with Gasteiger partial charge in [0.15, 0.2) is 0 Å². The number of hydrogen-bond donors (Lipinski definition) is 2. The molecule has 0 saturated heterocycles. The molecule has 0 aliphatic carbocycles. The number of rotatable bonds is 9. The Hall–Kier alpha value is -3.12. The Morgan fingerprint density at radius 3 is 2.41 bits per heavy atom. The predicted octanol–water partition coefficient (Wildman–Crippen LogP) is 6.37. The van der Waals surface area contributed by atoms with Gasteiger partial charge in [0, 0.05) is 4.47 Å². The number of ether oxygens (including phenoxy) is 1. The fourth-order valence-corrected chi connectivity index (χ4v) is 3.57. The van der Waals surface area contributed by atoms with Crippen LogP contribution in [0.25, 0.3) is 0 Å². The molecule has 3 rings (SSSR count). The van der Waals surface area contributed by atoms with Crippen molar-refractivity contribution in [1.29, 1.82) is 0 Å². The van der Waals surface area contributed by atoms with E-state index in [0.717, 1.165) is 22.9 Å². The van der Waals surface area contributed by atoms with E-state index in [0.29, 0.717) is 29.2 Å². The van der Waals surface area contributed by atoms with Crippen LogP contribution >= 0.6 is 15.9 Å². The Kier molecular flexibility index (Phi) is 8.45. The van der Waals surface area contributed by atoms with E-state index in [4.69, 9.17) is 4.74 Å². The summed E-state index contributed by atoms with van der Waals surface area (Å²) in [6, 6.07) is 21.9. The van der Waals surface area contributed by atoms with E-state index in [1.807, 2.05) is 43.3 Å². The summed E-state index contributed by atoms with van der Waals surface area (Å²) in [6.07, 6.45) is 1.90. The summed E-state index contributed by atoms with van der Waals surface area (Å²) in [4.78, 5) is 26.1. The molecule has 5 nitrogen and oxygen atoms in total. The van der Waals surface area contributed by atoms with Gasteiger partial charge >= 0.3 is 0 Å². The molecule has 0 aromatic heterocycles. The molecule has 2 amide bonds. The van der Waals surface area contributed by atoms with Crippen LogP contribution in [0.4, 0.5) is 5.69 Å². The van der Waals surface area contributed by atoms with E-state index in [1.54, 1.807) is 36.4 Å². The van der Waals surface area contributed by atoms with Crippen molar-refractivity contribution in [2.75, 3.05) is 11.9 Å². The number of carbonyl (C=O) groups is 2. The molecule has 0 radical (unpaired) electrons. The summed E-state index contributed by atoms with van der Waals surface area (Å²) in [7, 11) is 0. The molecule has 2 N–H and O–H groups in total. The second-order valence-corrected chi connectivity index (χ2v) is 8.36. The van der Waals surface area contributed by atoms with Gasteiger partial charge in [0.05, 0.1) is 29.5 Å². The maximum absolute atomic E-state index is 13.1. The van der Waals surface area contributed by atoms with E-state index in [-0.39, 0.29) is 17.9 Å². The number of para-hydroxylation sites is 1. The minimum absolute atomic E-state index is 0.170. The summed E-state index contributed by atoms with van der Waals surface area (Å²) in [5.74, 6) is -0.0844. The van der Waals surface area contributed by atoms with Crippen LogP contribution in [-0.2, 0) is 0 Å². The third-order valence-corrected chi connectivity index (χ3v) is 5.50. The molecule has 0 aliphatic rings. The zero-order chi connectivity index (χ0) is 22.9. The number of nitrogens with one attached hydrogen (secondary N) is 2. The number of halogens is 1. The van der Waals surface area contributed by atoms with E-state index < -0.39 is 0 Å². The Bertz CT molecular complexity index is 1070. The van der Waals surface area contributed by atoms with Gasteiger partial charge in [0.25, 0.3) is 11.8 Å². The molecular weight excluding hydrogens is 468 g/mol. The Morgan fingerprint density at radius 1 is 0.938 bits per heavy atom. The summed E-state index contributed by atoms with van der Waals surface area (Å²) >= 11 is 3.42. The van der Waals surface area contributed by atoms with Crippen LogP contribution in [-0.4, -0.2) is 18.4 Å². The second-order valence-electron chi connectivity index (χ2n) is 7.45. The van der Waals surface area contributed by atoms with Crippen molar-refractivity contribution in [3.05, 3.63) is 94.0 Å². The Balaban J connectivity index is 1.78. The van der Waals surface area contributed by atoms with Crippen molar-refractivity contribution in [3.63, 3.8) is 0 Å². The Labute approximate surface area is 197 Å². The quantitative estimate of drug-likeness (QED) is 0.339. The van der Waals surface area contributed by atoms with Gasteiger partial charge in [-0.15, -0.1) is 0 Å². The van der Waals surface area contributed by atoms with Crippen molar-refractivity contribution in [1.82, 2.24) is 5.32 Å². The van der Waals surface area contributed by atoms with Gasteiger partial charge in [-0.25, -0.2) is 0 Å². The molecule has 0 aliphatic heterocycles. The molecule has 0 bridgehead atoms. The first kappa shape index (κ1) is 23.5. The monoisotopic (exact) mass is 494 g/mol. The molecule has 0 spiro atoms. The highest BCUT2D eigenvalue weighted by molar-refractivity contribution is 9.10. The first-order chi connectivity index (χ1) is 15.5. The largest absolute Gasteiger partial charge is 0.493 e. The Morgan fingerprint density at radius 2 is 1.66 bits per heavy atom. The number of unbranched alkanes of at least 4 members (excludes halogenated alkanes) is 1. The molecule has 0 heterocycles. The molecular formula is C26H27BrN2O3. The lowest BCUT2D eigenvalue weighted by atomic mass is 10.1. The lowest BCUT2D eigenvalue weighted by Gasteiger charge is -2.17. The average Bonchev–Trinajstić information content (AvgIpc) is 2.81. The van der Waals surface area contributed by atoms with Crippen molar-refractivity contribution in [2.24, 2.45) is 0 Å². The fraction of sp³-hybridized carbons (Fsp3) is 0.231. The smallest absolute Gasteiger partial charge is 0.259 e. The summed E-state index contributed by atoms with van der Waals surface area (Å²) in [5, 5.41) is 5.88. The van der Waals surface area contributed by atoms with Gasteiger partial charge in [0.1, 0.15) is 5.75 Å². The van der Waals surface area contributed by atoms with Crippen LogP contribution in [0.3, 0.4) is 0 Å². The van der Waals surface area contributed by atoms with Gasteiger partial charge in [-0.05, 0) is 49.2 Å². The van der Waals surface area contributed by atoms with Crippen molar-refractivity contribution >= 4 is 33.4 Å². The zero-order valence-electron chi connectivity index (χ0n) is 18.2. The highest BCUT2D eigenvalue weighted by atomic mass is 79.9. The van der Waals surface area contributed by atoms with Gasteiger partial charge in [0.2, 0.25) is 0 Å². The summed E-state index contributed by atoms with van der Waals surface area (Å²) in [6.45, 7) is 4.55. The topological polar surface area (TPSA) is 67.4 Å². The van der Waals surface area contributed by atoms with E-state index in [1.165, 1.54) is 0 Å². The predicted molar refractivity (Wildman–Crippen MR) is 131 cm³/mol. The molecule has 3 aromatic rings.